The molecule has 2 N–H and O–H groups in total. The van der Waals surface area contributed by atoms with E-state index >= 15 is 0 Å². The molecule has 3 aromatic rings. The van der Waals surface area contributed by atoms with Gasteiger partial charge in [-0.3, -0.25) is 9.89 Å². The lowest BCUT2D eigenvalue weighted by molar-refractivity contribution is -0.121. The number of imidazole rings is 1. The van der Waals surface area contributed by atoms with Crippen LogP contribution in [0.3, 0.4) is 0 Å². The van der Waals surface area contributed by atoms with Gasteiger partial charge in [0.1, 0.15) is 11.3 Å². The average molecular weight is 339 g/mol. The summed E-state index contributed by atoms with van der Waals surface area (Å²) in [6.45, 7) is 2.37. The molecule has 0 spiro atoms. The SMILES string of the molecule is CCOC(=O)c1[nH]ncc1C1CC(=O)NCc2nc3ccccn3c21. The first kappa shape index (κ1) is 15.4. The Kier molecular flexibility index (Phi) is 3.72. The highest BCUT2D eigenvalue weighted by Crippen LogP contribution is 2.34. The molecule has 0 saturated heterocycles. The number of H-pyrrole nitrogens is 1. The maximum absolute atomic E-state index is 12.2. The van der Waals surface area contributed by atoms with Gasteiger partial charge in [0.25, 0.3) is 0 Å². The largest absolute Gasteiger partial charge is 0.461 e. The van der Waals surface area contributed by atoms with E-state index in [1.165, 1.54) is 0 Å². The van der Waals surface area contributed by atoms with Gasteiger partial charge < -0.3 is 14.5 Å². The zero-order valence-electron chi connectivity index (χ0n) is 13.7. The van der Waals surface area contributed by atoms with Crippen LogP contribution >= 0.6 is 0 Å². The van der Waals surface area contributed by atoms with Crippen LogP contribution in [0.4, 0.5) is 0 Å². The number of carbonyl (C=O) groups is 2. The van der Waals surface area contributed by atoms with E-state index in [0.717, 1.165) is 17.0 Å². The average Bonchev–Trinajstić information content (AvgIpc) is 3.19. The van der Waals surface area contributed by atoms with Gasteiger partial charge in [0.15, 0.2) is 0 Å². The summed E-state index contributed by atoms with van der Waals surface area (Å²) in [5.74, 6) is -0.910. The van der Waals surface area contributed by atoms with Crippen LogP contribution in [0.15, 0.2) is 30.6 Å². The van der Waals surface area contributed by atoms with Crippen LogP contribution in [0.1, 0.15) is 46.7 Å². The van der Waals surface area contributed by atoms with Gasteiger partial charge in [-0.2, -0.15) is 5.10 Å². The van der Waals surface area contributed by atoms with E-state index in [2.05, 4.69) is 20.5 Å². The van der Waals surface area contributed by atoms with Crippen molar-refractivity contribution in [3.63, 3.8) is 0 Å². The lowest BCUT2D eigenvalue weighted by atomic mass is 9.92. The Balaban J connectivity index is 1.89. The highest BCUT2D eigenvalue weighted by atomic mass is 16.5. The second-order valence-electron chi connectivity index (χ2n) is 5.83. The van der Waals surface area contributed by atoms with Gasteiger partial charge in [0.2, 0.25) is 5.91 Å². The number of aromatic amines is 1. The number of nitrogens with zero attached hydrogens (tertiary/aromatic N) is 3. The number of carbonyl (C=O) groups excluding carboxylic acids is 2. The van der Waals surface area contributed by atoms with E-state index in [1.54, 1.807) is 13.1 Å². The molecule has 1 atom stereocenters. The molecule has 0 radical (unpaired) electrons. The molecule has 0 saturated carbocycles. The van der Waals surface area contributed by atoms with Gasteiger partial charge in [-0.25, -0.2) is 9.78 Å². The van der Waals surface area contributed by atoms with Crippen LogP contribution in [0.5, 0.6) is 0 Å². The normalized spacial score (nSPS) is 17.0. The highest BCUT2D eigenvalue weighted by molar-refractivity contribution is 5.90. The van der Waals surface area contributed by atoms with Crippen molar-refractivity contribution < 1.29 is 14.3 Å². The monoisotopic (exact) mass is 339 g/mol. The summed E-state index contributed by atoms with van der Waals surface area (Å²) in [7, 11) is 0. The van der Waals surface area contributed by atoms with Crippen molar-refractivity contribution in [1.29, 1.82) is 0 Å². The van der Waals surface area contributed by atoms with Crippen LogP contribution in [-0.4, -0.2) is 38.1 Å². The van der Waals surface area contributed by atoms with Gasteiger partial charge in [-0.1, -0.05) is 6.07 Å². The lowest BCUT2D eigenvalue weighted by Gasteiger charge is -2.15. The molecule has 25 heavy (non-hydrogen) atoms. The number of amides is 1. The van der Waals surface area contributed by atoms with Gasteiger partial charge in [-0.05, 0) is 19.1 Å². The maximum Gasteiger partial charge on any atom is 0.356 e. The van der Waals surface area contributed by atoms with E-state index in [-0.39, 0.29) is 30.5 Å². The second kappa shape index (κ2) is 6.04. The zero-order valence-corrected chi connectivity index (χ0v) is 13.7. The molecular formula is C17H17N5O3. The van der Waals surface area contributed by atoms with Crippen molar-refractivity contribution in [2.45, 2.75) is 25.8 Å². The number of ether oxygens (including phenoxy) is 1. The van der Waals surface area contributed by atoms with Gasteiger partial charge in [-0.15, -0.1) is 0 Å². The molecule has 4 heterocycles. The highest BCUT2D eigenvalue weighted by Gasteiger charge is 2.32. The van der Waals surface area contributed by atoms with Crippen LogP contribution < -0.4 is 5.32 Å². The topological polar surface area (TPSA) is 101 Å². The minimum atomic E-state index is -0.477. The molecular weight excluding hydrogens is 322 g/mol. The fourth-order valence-corrected chi connectivity index (χ4v) is 3.28. The molecule has 1 unspecified atom stereocenters. The summed E-state index contributed by atoms with van der Waals surface area (Å²) in [5, 5.41) is 9.58. The summed E-state index contributed by atoms with van der Waals surface area (Å²) < 4.78 is 7.06. The number of fused-ring (bicyclic) bond motifs is 3. The molecule has 8 nitrogen and oxygen atoms in total. The Morgan fingerprint density at radius 2 is 2.32 bits per heavy atom. The van der Waals surface area contributed by atoms with Gasteiger partial charge >= 0.3 is 5.97 Å². The third-order valence-corrected chi connectivity index (χ3v) is 4.34. The lowest BCUT2D eigenvalue weighted by Crippen LogP contribution is -2.22. The number of hydrogen-bond acceptors (Lipinski definition) is 5. The van der Waals surface area contributed by atoms with Crippen molar-refractivity contribution in [3.05, 3.63) is 53.2 Å². The predicted octanol–water partition coefficient (Wildman–Crippen LogP) is 1.39. The molecule has 0 fully saturated rings. The summed E-state index contributed by atoms with van der Waals surface area (Å²) in [5.41, 5.74) is 3.40. The van der Waals surface area contributed by atoms with Crippen LogP contribution in [-0.2, 0) is 16.1 Å². The quantitative estimate of drug-likeness (QED) is 0.702. The summed E-state index contributed by atoms with van der Waals surface area (Å²) in [6.07, 6.45) is 3.71. The van der Waals surface area contributed by atoms with Gasteiger partial charge in [0.05, 0.1) is 30.7 Å². The van der Waals surface area contributed by atoms with Crippen molar-refractivity contribution in [2.75, 3.05) is 6.61 Å². The van der Waals surface area contributed by atoms with Crippen molar-refractivity contribution >= 4 is 17.5 Å². The number of esters is 1. The minimum Gasteiger partial charge on any atom is -0.461 e. The number of hydrogen-bond donors (Lipinski definition) is 2. The number of pyridine rings is 1. The number of nitrogens with one attached hydrogen (secondary N) is 2. The molecule has 0 bridgehead atoms. The predicted molar refractivity (Wildman–Crippen MR) is 88.0 cm³/mol. The Labute approximate surface area is 143 Å². The van der Waals surface area contributed by atoms with Gasteiger partial charge in [0, 0.05) is 24.1 Å². The molecule has 8 heteroatoms. The zero-order chi connectivity index (χ0) is 17.4. The van der Waals surface area contributed by atoms with Crippen LogP contribution in [0, 0.1) is 0 Å². The molecule has 4 rings (SSSR count). The molecule has 0 aromatic carbocycles. The third kappa shape index (κ3) is 2.55. The first-order chi connectivity index (χ1) is 12.2. The van der Waals surface area contributed by atoms with Crippen molar-refractivity contribution in [2.24, 2.45) is 0 Å². The molecule has 1 amide bonds. The molecule has 0 aliphatic carbocycles. The van der Waals surface area contributed by atoms with Crippen LogP contribution in [0.2, 0.25) is 0 Å². The standard InChI is InChI=1S/C17H17N5O3/c1-2-25-17(24)15-11(8-19-21-15)10-7-14(23)18-9-12-16(10)22-6-4-3-5-13(22)20-12/h3-6,8,10H,2,7,9H2,1H3,(H,18,23)(H,19,21). The smallest absolute Gasteiger partial charge is 0.356 e. The van der Waals surface area contributed by atoms with E-state index in [9.17, 15) is 9.59 Å². The Bertz CT molecular complexity index is 958. The summed E-state index contributed by atoms with van der Waals surface area (Å²) in [6, 6.07) is 5.74. The fourth-order valence-electron chi connectivity index (χ4n) is 3.28. The number of aromatic nitrogens is 4. The Morgan fingerprint density at radius 3 is 3.16 bits per heavy atom. The fraction of sp³-hybridized carbons (Fsp3) is 0.294. The molecule has 1 aliphatic heterocycles. The van der Waals surface area contributed by atoms with E-state index in [0.29, 0.717) is 12.1 Å². The Hall–Kier alpha value is -3.16. The van der Waals surface area contributed by atoms with Crippen LogP contribution in [0.25, 0.3) is 5.65 Å². The van der Waals surface area contributed by atoms with E-state index in [1.807, 2.05) is 28.8 Å². The summed E-state index contributed by atoms with van der Waals surface area (Å²) >= 11 is 0. The van der Waals surface area contributed by atoms with Crippen molar-refractivity contribution in [1.82, 2.24) is 24.9 Å². The van der Waals surface area contributed by atoms with E-state index in [4.69, 9.17) is 4.74 Å². The van der Waals surface area contributed by atoms with E-state index < -0.39 is 5.97 Å². The first-order valence-corrected chi connectivity index (χ1v) is 8.12. The Morgan fingerprint density at radius 1 is 1.44 bits per heavy atom. The molecule has 128 valence electrons. The minimum absolute atomic E-state index is 0.0938. The second-order valence-corrected chi connectivity index (χ2v) is 5.83. The molecule has 1 aliphatic rings. The summed E-state index contributed by atoms with van der Waals surface area (Å²) in [4.78, 5) is 29.1. The molecule has 3 aromatic heterocycles. The maximum atomic E-state index is 12.2. The first-order valence-electron chi connectivity index (χ1n) is 8.12. The van der Waals surface area contributed by atoms with Crippen molar-refractivity contribution in [3.8, 4) is 0 Å². The third-order valence-electron chi connectivity index (χ3n) is 4.34. The number of rotatable bonds is 3.